The van der Waals surface area contributed by atoms with Crippen molar-refractivity contribution in [3.05, 3.63) is 29.7 Å². The van der Waals surface area contributed by atoms with Crippen molar-refractivity contribution >= 4 is 0 Å². The van der Waals surface area contributed by atoms with Crippen LogP contribution < -0.4 is 0 Å². The Labute approximate surface area is 65.4 Å². The standard InChI is InChI=1S/C8H11NO2/c1-6(4-10)3-8-5-11-7(2)9-8/h4-5,10H,3H2,1-2H3. The number of oxazole rings is 1. The maximum absolute atomic E-state index is 8.58. The lowest BCUT2D eigenvalue weighted by molar-refractivity contribution is 0.465. The summed E-state index contributed by atoms with van der Waals surface area (Å²) in [5.41, 5.74) is 1.73. The van der Waals surface area contributed by atoms with Crippen LogP contribution in [0.25, 0.3) is 0 Å². The Morgan fingerprint density at radius 1 is 1.82 bits per heavy atom. The fourth-order valence-electron chi connectivity index (χ4n) is 0.821. The van der Waals surface area contributed by atoms with E-state index in [0.29, 0.717) is 12.3 Å². The normalized spacial score (nSPS) is 12.0. The minimum atomic E-state index is 0.647. The van der Waals surface area contributed by atoms with Crippen LogP contribution in [0.1, 0.15) is 18.5 Å². The second kappa shape index (κ2) is 3.23. The van der Waals surface area contributed by atoms with Crippen molar-refractivity contribution in [1.29, 1.82) is 0 Å². The maximum atomic E-state index is 8.58. The van der Waals surface area contributed by atoms with Gasteiger partial charge in [-0.15, -0.1) is 0 Å². The summed E-state index contributed by atoms with van der Waals surface area (Å²) in [4.78, 5) is 4.08. The van der Waals surface area contributed by atoms with Crippen molar-refractivity contribution in [1.82, 2.24) is 4.98 Å². The lowest BCUT2D eigenvalue weighted by Crippen LogP contribution is -1.86. The largest absolute Gasteiger partial charge is 0.516 e. The Bertz CT molecular complexity index is 263. The highest BCUT2D eigenvalue weighted by atomic mass is 16.3. The third kappa shape index (κ3) is 2.11. The summed E-state index contributed by atoms with van der Waals surface area (Å²) in [5, 5.41) is 8.58. The van der Waals surface area contributed by atoms with Crippen LogP contribution in [0.3, 0.4) is 0 Å². The lowest BCUT2D eigenvalue weighted by atomic mass is 10.2. The number of hydrogen-bond donors (Lipinski definition) is 1. The van der Waals surface area contributed by atoms with Crippen molar-refractivity contribution in [3.63, 3.8) is 0 Å². The molecule has 0 atom stereocenters. The van der Waals surface area contributed by atoms with E-state index in [1.807, 2.05) is 6.92 Å². The third-order valence-corrected chi connectivity index (χ3v) is 1.35. The van der Waals surface area contributed by atoms with Crippen molar-refractivity contribution in [2.75, 3.05) is 0 Å². The zero-order valence-corrected chi connectivity index (χ0v) is 6.66. The number of aliphatic hydroxyl groups excluding tert-OH is 1. The molecular formula is C8H11NO2. The summed E-state index contributed by atoms with van der Waals surface area (Å²) in [7, 11) is 0. The number of hydrogen-bond acceptors (Lipinski definition) is 3. The summed E-state index contributed by atoms with van der Waals surface area (Å²) in [6.45, 7) is 3.63. The highest BCUT2D eigenvalue weighted by Crippen LogP contribution is 2.06. The summed E-state index contributed by atoms with van der Waals surface area (Å²) in [6.07, 6.45) is 3.33. The first kappa shape index (κ1) is 7.85. The van der Waals surface area contributed by atoms with Gasteiger partial charge in [-0.25, -0.2) is 4.98 Å². The van der Waals surface area contributed by atoms with Gasteiger partial charge in [-0.05, 0) is 12.5 Å². The van der Waals surface area contributed by atoms with Gasteiger partial charge < -0.3 is 9.52 Å². The average molecular weight is 153 g/mol. The summed E-state index contributed by atoms with van der Waals surface area (Å²) < 4.78 is 4.99. The Hall–Kier alpha value is -1.25. The quantitative estimate of drug-likeness (QED) is 0.661. The van der Waals surface area contributed by atoms with E-state index in [1.54, 1.807) is 13.2 Å². The number of aromatic nitrogens is 1. The van der Waals surface area contributed by atoms with Crippen LogP contribution in [0, 0.1) is 6.92 Å². The molecule has 60 valence electrons. The Morgan fingerprint density at radius 3 is 3.00 bits per heavy atom. The molecule has 0 bridgehead atoms. The lowest BCUT2D eigenvalue weighted by Gasteiger charge is -1.91. The smallest absolute Gasteiger partial charge is 0.191 e. The van der Waals surface area contributed by atoms with Crippen LogP contribution in [-0.4, -0.2) is 10.1 Å². The van der Waals surface area contributed by atoms with Gasteiger partial charge in [0.05, 0.1) is 12.0 Å². The SMILES string of the molecule is CC(=CO)Cc1coc(C)n1. The van der Waals surface area contributed by atoms with Crippen LogP contribution in [0.15, 0.2) is 22.5 Å². The summed E-state index contributed by atoms with van der Waals surface area (Å²) >= 11 is 0. The molecule has 0 unspecified atom stereocenters. The first-order chi connectivity index (χ1) is 5.22. The van der Waals surface area contributed by atoms with Crippen LogP contribution >= 0.6 is 0 Å². The highest BCUT2D eigenvalue weighted by Gasteiger charge is 1.99. The molecule has 0 aromatic carbocycles. The number of aliphatic hydroxyl groups is 1. The minimum Gasteiger partial charge on any atom is -0.516 e. The minimum absolute atomic E-state index is 0.647. The molecule has 3 heteroatoms. The molecule has 1 rings (SSSR count). The number of rotatable bonds is 2. The molecule has 0 saturated heterocycles. The van der Waals surface area contributed by atoms with Gasteiger partial charge in [0, 0.05) is 13.3 Å². The summed E-state index contributed by atoms with van der Waals surface area (Å²) in [6, 6.07) is 0. The fraction of sp³-hybridized carbons (Fsp3) is 0.375. The maximum Gasteiger partial charge on any atom is 0.191 e. The molecule has 0 aliphatic heterocycles. The van der Waals surface area contributed by atoms with E-state index >= 15 is 0 Å². The highest BCUT2D eigenvalue weighted by molar-refractivity contribution is 5.07. The molecule has 1 aromatic heterocycles. The first-order valence-electron chi connectivity index (χ1n) is 3.43. The van der Waals surface area contributed by atoms with Crippen molar-refractivity contribution in [2.45, 2.75) is 20.3 Å². The predicted molar refractivity (Wildman–Crippen MR) is 41.3 cm³/mol. The molecule has 0 amide bonds. The van der Waals surface area contributed by atoms with Gasteiger partial charge in [0.1, 0.15) is 6.26 Å². The zero-order chi connectivity index (χ0) is 8.27. The van der Waals surface area contributed by atoms with E-state index in [0.717, 1.165) is 17.5 Å². The molecule has 0 aliphatic rings. The molecule has 3 nitrogen and oxygen atoms in total. The summed E-state index contributed by atoms with van der Waals surface area (Å²) in [5.74, 6) is 0.658. The zero-order valence-electron chi connectivity index (χ0n) is 6.66. The van der Waals surface area contributed by atoms with Gasteiger partial charge in [0.2, 0.25) is 0 Å². The fourth-order valence-corrected chi connectivity index (χ4v) is 0.821. The molecule has 0 fully saturated rings. The van der Waals surface area contributed by atoms with Gasteiger partial charge in [-0.2, -0.15) is 0 Å². The van der Waals surface area contributed by atoms with Gasteiger partial charge in [0.15, 0.2) is 5.89 Å². The molecule has 1 N–H and O–H groups in total. The monoisotopic (exact) mass is 153 g/mol. The Balaban J connectivity index is 2.65. The third-order valence-electron chi connectivity index (χ3n) is 1.35. The van der Waals surface area contributed by atoms with E-state index in [9.17, 15) is 0 Å². The van der Waals surface area contributed by atoms with Gasteiger partial charge in [-0.3, -0.25) is 0 Å². The number of nitrogens with zero attached hydrogens (tertiary/aromatic N) is 1. The van der Waals surface area contributed by atoms with E-state index in [1.165, 1.54) is 0 Å². The average Bonchev–Trinajstić information content (AvgIpc) is 2.35. The van der Waals surface area contributed by atoms with Crippen LogP contribution in [0.4, 0.5) is 0 Å². The molecule has 0 aliphatic carbocycles. The van der Waals surface area contributed by atoms with Gasteiger partial charge in [0.25, 0.3) is 0 Å². The molecule has 0 spiro atoms. The Morgan fingerprint density at radius 2 is 2.55 bits per heavy atom. The number of allylic oxidation sites excluding steroid dienone is 1. The molecular weight excluding hydrogens is 142 g/mol. The predicted octanol–water partition coefficient (Wildman–Crippen LogP) is 1.99. The van der Waals surface area contributed by atoms with E-state index in [4.69, 9.17) is 9.52 Å². The van der Waals surface area contributed by atoms with Crippen molar-refractivity contribution < 1.29 is 9.52 Å². The van der Waals surface area contributed by atoms with Crippen LogP contribution in [-0.2, 0) is 6.42 Å². The topological polar surface area (TPSA) is 46.3 Å². The Kier molecular flexibility index (Phi) is 2.31. The van der Waals surface area contributed by atoms with Gasteiger partial charge >= 0.3 is 0 Å². The van der Waals surface area contributed by atoms with Crippen molar-refractivity contribution in [3.8, 4) is 0 Å². The van der Waals surface area contributed by atoms with Gasteiger partial charge in [-0.1, -0.05) is 0 Å². The van der Waals surface area contributed by atoms with Crippen LogP contribution in [0.2, 0.25) is 0 Å². The molecule has 1 heterocycles. The van der Waals surface area contributed by atoms with Crippen LogP contribution in [0.5, 0.6) is 0 Å². The van der Waals surface area contributed by atoms with Crippen molar-refractivity contribution in [2.24, 2.45) is 0 Å². The number of aryl methyl sites for hydroxylation is 1. The molecule has 0 saturated carbocycles. The van der Waals surface area contributed by atoms with E-state index in [-0.39, 0.29) is 0 Å². The molecule has 11 heavy (non-hydrogen) atoms. The molecule has 1 aromatic rings. The first-order valence-corrected chi connectivity index (χ1v) is 3.43. The van der Waals surface area contributed by atoms with E-state index in [2.05, 4.69) is 4.98 Å². The van der Waals surface area contributed by atoms with E-state index < -0.39 is 0 Å². The molecule has 0 radical (unpaired) electrons. The second-order valence-corrected chi connectivity index (χ2v) is 2.51. The second-order valence-electron chi connectivity index (χ2n) is 2.51.